The van der Waals surface area contributed by atoms with Gasteiger partial charge in [-0.3, -0.25) is 0 Å². The van der Waals surface area contributed by atoms with Crippen molar-refractivity contribution in [3.8, 4) is 102 Å². The van der Waals surface area contributed by atoms with E-state index >= 15 is 0 Å². The summed E-state index contributed by atoms with van der Waals surface area (Å²) in [5, 5.41) is 40.9. The van der Waals surface area contributed by atoms with E-state index in [9.17, 15) is 20.4 Å². The van der Waals surface area contributed by atoms with E-state index in [1.165, 1.54) is 52.7 Å². The standard InChI is InChI=1S/C44H34N4O8/c1-53-37-19-25(49)7-11-29(37)41-43(31-13-9-27(51)21-39(31)55-3)47-35-17-23(5-15-33(35)45-41)24-6-16-34-36(18-24)48-44(32-14-10-28(52)22-40(32)56-4)42(46-34)30-12-8-26(50)20-38(30)54-2/h5-22,49-52H,1-4H3. The molecule has 8 rings (SSSR count). The molecule has 4 N–H and O–H groups in total. The van der Waals surface area contributed by atoms with Crippen molar-refractivity contribution in [3.05, 3.63) is 109 Å². The highest BCUT2D eigenvalue weighted by atomic mass is 16.5. The number of aromatic nitrogens is 4. The lowest BCUT2D eigenvalue weighted by Crippen LogP contribution is -2.00. The SMILES string of the molecule is COc1cc(O)ccc1-c1nc2ccc(-c3ccc4nc(-c5ccc(O)cc5OC)c(-c5ccc(O)cc5OC)nc4c3)cc2nc1-c1ccc(O)cc1OC. The third-order valence-corrected chi connectivity index (χ3v) is 9.42. The molecule has 0 amide bonds. The molecule has 0 radical (unpaired) electrons. The van der Waals surface area contributed by atoms with Crippen LogP contribution in [-0.2, 0) is 0 Å². The van der Waals surface area contributed by atoms with Crippen LogP contribution in [0.5, 0.6) is 46.0 Å². The summed E-state index contributed by atoms with van der Waals surface area (Å²) in [6.07, 6.45) is 0. The highest BCUT2D eigenvalue weighted by Gasteiger charge is 2.23. The van der Waals surface area contributed by atoms with E-state index in [1.807, 2.05) is 36.4 Å². The molecule has 0 atom stereocenters. The first-order valence-electron chi connectivity index (χ1n) is 17.3. The summed E-state index contributed by atoms with van der Waals surface area (Å²) in [6, 6.07) is 30.7. The zero-order valence-corrected chi connectivity index (χ0v) is 30.6. The summed E-state index contributed by atoms with van der Waals surface area (Å²) < 4.78 is 22.6. The predicted molar refractivity (Wildman–Crippen MR) is 213 cm³/mol. The molecule has 0 saturated heterocycles. The average Bonchev–Trinajstić information content (AvgIpc) is 3.22. The number of fused-ring (bicyclic) bond motifs is 2. The molecule has 56 heavy (non-hydrogen) atoms. The first-order chi connectivity index (χ1) is 27.2. The van der Waals surface area contributed by atoms with Gasteiger partial charge in [-0.05, 0) is 83.9 Å². The van der Waals surface area contributed by atoms with Crippen LogP contribution in [-0.4, -0.2) is 68.8 Å². The third kappa shape index (κ3) is 6.38. The minimum atomic E-state index is 0.0335. The molecule has 12 nitrogen and oxygen atoms in total. The molecular weight excluding hydrogens is 713 g/mol. The molecule has 2 aromatic heterocycles. The Hall–Kier alpha value is -7.60. The van der Waals surface area contributed by atoms with Crippen LogP contribution in [0.2, 0.25) is 0 Å². The van der Waals surface area contributed by atoms with Gasteiger partial charge < -0.3 is 39.4 Å². The average molecular weight is 747 g/mol. The summed E-state index contributed by atoms with van der Waals surface area (Å²) >= 11 is 0. The van der Waals surface area contributed by atoms with Crippen LogP contribution in [0.25, 0.3) is 78.2 Å². The van der Waals surface area contributed by atoms with Crippen LogP contribution < -0.4 is 18.9 Å². The van der Waals surface area contributed by atoms with E-state index < -0.39 is 0 Å². The highest BCUT2D eigenvalue weighted by molar-refractivity contribution is 5.94. The Morgan fingerprint density at radius 3 is 0.857 bits per heavy atom. The molecule has 0 unspecified atom stereocenters. The van der Waals surface area contributed by atoms with Gasteiger partial charge >= 0.3 is 0 Å². The Morgan fingerprint density at radius 1 is 0.321 bits per heavy atom. The van der Waals surface area contributed by atoms with Crippen LogP contribution in [0.1, 0.15) is 0 Å². The smallest absolute Gasteiger partial charge is 0.132 e. The maximum atomic E-state index is 10.2. The molecule has 12 heteroatoms. The van der Waals surface area contributed by atoms with Crippen molar-refractivity contribution in [3.63, 3.8) is 0 Å². The van der Waals surface area contributed by atoms with Crippen LogP contribution in [0.15, 0.2) is 109 Å². The highest BCUT2D eigenvalue weighted by Crippen LogP contribution is 2.44. The topological polar surface area (TPSA) is 169 Å². The number of aromatic hydroxyl groups is 4. The quantitative estimate of drug-likeness (QED) is 0.111. The minimum absolute atomic E-state index is 0.0335. The van der Waals surface area contributed by atoms with E-state index in [0.29, 0.717) is 90.1 Å². The van der Waals surface area contributed by atoms with Crippen LogP contribution in [0.3, 0.4) is 0 Å². The molecule has 0 spiro atoms. The fourth-order valence-electron chi connectivity index (χ4n) is 6.72. The zero-order valence-electron chi connectivity index (χ0n) is 30.6. The monoisotopic (exact) mass is 746 g/mol. The molecule has 278 valence electrons. The van der Waals surface area contributed by atoms with Gasteiger partial charge in [0.2, 0.25) is 0 Å². The number of nitrogens with zero attached hydrogens (tertiary/aromatic N) is 4. The first-order valence-corrected chi connectivity index (χ1v) is 17.3. The zero-order chi connectivity index (χ0) is 39.1. The number of hydrogen-bond donors (Lipinski definition) is 4. The van der Waals surface area contributed by atoms with Crippen LogP contribution >= 0.6 is 0 Å². The van der Waals surface area contributed by atoms with Crippen molar-refractivity contribution < 1.29 is 39.4 Å². The van der Waals surface area contributed by atoms with E-state index in [4.69, 9.17) is 38.9 Å². The van der Waals surface area contributed by atoms with Crippen molar-refractivity contribution >= 4 is 22.1 Å². The van der Waals surface area contributed by atoms with Gasteiger partial charge in [-0.25, -0.2) is 19.9 Å². The molecule has 2 heterocycles. The second-order valence-electron chi connectivity index (χ2n) is 12.8. The lowest BCUT2D eigenvalue weighted by atomic mass is 9.99. The lowest BCUT2D eigenvalue weighted by molar-refractivity contribution is 0.408. The summed E-state index contributed by atoms with van der Waals surface area (Å²) in [7, 11) is 6.06. The van der Waals surface area contributed by atoms with Gasteiger partial charge in [-0.1, -0.05) is 12.1 Å². The van der Waals surface area contributed by atoms with Crippen molar-refractivity contribution in [2.75, 3.05) is 28.4 Å². The molecule has 0 fully saturated rings. The van der Waals surface area contributed by atoms with Crippen LogP contribution in [0.4, 0.5) is 0 Å². The van der Waals surface area contributed by atoms with Gasteiger partial charge in [0.05, 0.1) is 50.5 Å². The maximum Gasteiger partial charge on any atom is 0.132 e. The Bertz CT molecular complexity index is 2630. The van der Waals surface area contributed by atoms with Crippen molar-refractivity contribution in [2.24, 2.45) is 0 Å². The number of ether oxygens (including phenoxy) is 4. The Morgan fingerprint density at radius 2 is 0.589 bits per heavy atom. The molecule has 0 aliphatic rings. The van der Waals surface area contributed by atoms with E-state index in [1.54, 1.807) is 48.5 Å². The van der Waals surface area contributed by atoms with E-state index in [2.05, 4.69) is 0 Å². The molecule has 0 aliphatic heterocycles. The van der Waals surface area contributed by atoms with Crippen molar-refractivity contribution in [1.82, 2.24) is 19.9 Å². The maximum absolute atomic E-state index is 10.2. The number of benzene rings is 6. The van der Waals surface area contributed by atoms with Gasteiger partial charge in [0, 0.05) is 46.5 Å². The second-order valence-corrected chi connectivity index (χ2v) is 12.8. The summed E-state index contributed by atoms with van der Waals surface area (Å²) in [6.45, 7) is 0. The van der Waals surface area contributed by atoms with Gasteiger partial charge in [-0.15, -0.1) is 0 Å². The minimum Gasteiger partial charge on any atom is -0.508 e. The Labute approximate surface area is 320 Å². The third-order valence-electron chi connectivity index (χ3n) is 9.42. The lowest BCUT2D eigenvalue weighted by Gasteiger charge is -2.16. The van der Waals surface area contributed by atoms with Gasteiger partial charge in [0.15, 0.2) is 0 Å². The normalized spacial score (nSPS) is 11.1. The van der Waals surface area contributed by atoms with Crippen molar-refractivity contribution in [1.29, 1.82) is 0 Å². The fourth-order valence-corrected chi connectivity index (χ4v) is 6.72. The van der Waals surface area contributed by atoms with E-state index in [0.717, 1.165) is 11.1 Å². The largest absolute Gasteiger partial charge is 0.508 e. The molecule has 0 bridgehead atoms. The summed E-state index contributed by atoms with van der Waals surface area (Å²) in [5.41, 5.74) is 8.39. The second kappa shape index (κ2) is 14.3. The number of hydrogen-bond acceptors (Lipinski definition) is 12. The van der Waals surface area contributed by atoms with Crippen molar-refractivity contribution in [2.45, 2.75) is 0 Å². The molecule has 0 saturated carbocycles. The number of rotatable bonds is 9. The number of methoxy groups -OCH3 is 4. The number of phenols is 4. The number of phenolic OH excluding ortho intramolecular Hbond substituents is 4. The molecule has 0 aliphatic carbocycles. The first kappa shape index (κ1) is 35.4. The van der Waals surface area contributed by atoms with Gasteiger partial charge in [0.25, 0.3) is 0 Å². The summed E-state index contributed by atoms with van der Waals surface area (Å²) in [5.74, 6) is 1.75. The van der Waals surface area contributed by atoms with E-state index in [-0.39, 0.29) is 23.0 Å². The van der Waals surface area contributed by atoms with Gasteiger partial charge in [-0.2, -0.15) is 0 Å². The molecule has 8 aromatic rings. The summed E-state index contributed by atoms with van der Waals surface area (Å²) in [4.78, 5) is 20.3. The Kier molecular flexibility index (Phi) is 9.06. The predicted octanol–water partition coefficient (Wildman–Crippen LogP) is 8.76. The molecule has 6 aromatic carbocycles. The Balaban J connectivity index is 1.31. The van der Waals surface area contributed by atoms with Crippen LogP contribution in [0, 0.1) is 0 Å². The molecular formula is C44H34N4O8. The fraction of sp³-hybridized carbons (Fsp3) is 0.0909. The van der Waals surface area contributed by atoms with Gasteiger partial charge in [0.1, 0.15) is 68.8 Å².